The van der Waals surface area contributed by atoms with Crippen LogP contribution in [0.2, 0.25) is 0 Å². The van der Waals surface area contributed by atoms with Gasteiger partial charge in [0.1, 0.15) is 0 Å². The first-order valence-electron chi connectivity index (χ1n) is 7.12. The summed E-state index contributed by atoms with van der Waals surface area (Å²) in [4.78, 5) is 0. The van der Waals surface area contributed by atoms with Crippen LogP contribution in [0.25, 0.3) is 0 Å². The highest BCUT2D eigenvalue weighted by Gasteiger charge is 2.34. The second-order valence-electron chi connectivity index (χ2n) is 6.22. The molecule has 2 atom stereocenters. The predicted octanol–water partition coefficient (Wildman–Crippen LogP) is 2.88. The minimum Gasteiger partial charge on any atom is -0.386 e. The Labute approximate surface area is 110 Å². The molecule has 0 saturated carbocycles. The molecule has 18 heavy (non-hydrogen) atoms. The van der Waals surface area contributed by atoms with Crippen LogP contribution in [0.15, 0.2) is 11.6 Å². The summed E-state index contributed by atoms with van der Waals surface area (Å²) in [6.45, 7) is 7.99. The molecule has 3 heteroatoms. The molecule has 0 aromatic carbocycles. The van der Waals surface area contributed by atoms with Crippen LogP contribution in [0.5, 0.6) is 0 Å². The Morgan fingerprint density at radius 3 is 2.67 bits per heavy atom. The SMILES string of the molecule is CC1=CC(O)(CCC2OCCO2)CC(C(C)C)C1. The van der Waals surface area contributed by atoms with E-state index in [1.165, 1.54) is 5.57 Å². The van der Waals surface area contributed by atoms with E-state index in [2.05, 4.69) is 26.8 Å². The van der Waals surface area contributed by atoms with E-state index >= 15 is 0 Å². The maximum absolute atomic E-state index is 10.7. The first-order chi connectivity index (χ1) is 8.48. The largest absolute Gasteiger partial charge is 0.386 e. The molecule has 2 rings (SSSR count). The highest BCUT2D eigenvalue weighted by molar-refractivity contribution is 5.15. The molecule has 0 aromatic rings. The fourth-order valence-electron chi connectivity index (χ4n) is 3.10. The van der Waals surface area contributed by atoms with E-state index in [9.17, 15) is 5.11 Å². The van der Waals surface area contributed by atoms with E-state index in [1.807, 2.05) is 0 Å². The molecular formula is C15H26O3. The van der Waals surface area contributed by atoms with Crippen molar-refractivity contribution in [2.45, 2.75) is 58.3 Å². The quantitative estimate of drug-likeness (QED) is 0.784. The van der Waals surface area contributed by atoms with Crippen LogP contribution in [0.1, 0.15) is 46.5 Å². The number of hydrogen-bond acceptors (Lipinski definition) is 3. The fraction of sp³-hybridized carbons (Fsp3) is 0.867. The summed E-state index contributed by atoms with van der Waals surface area (Å²) in [5, 5.41) is 10.7. The van der Waals surface area contributed by atoms with Gasteiger partial charge in [-0.05, 0) is 38.0 Å². The molecule has 1 heterocycles. The molecule has 0 radical (unpaired) electrons. The molecule has 104 valence electrons. The van der Waals surface area contributed by atoms with Crippen LogP contribution in [-0.2, 0) is 9.47 Å². The highest BCUT2D eigenvalue weighted by Crippen LogP contribution is 2.38. The molecule has 1 saturated heterocycles. The fourth-order valence-corrected chi connectivity index (χ4v) is 3.10. The average molecular weight is 254 g/mol. The number of ether oxygens (including phenoxy) is 2. The third-order valence-corrected chi connectivity index (χ3v) is 4.16. The summed E-state index contributed by atoms with van der Waals surface area (Å²) in [7, 11) is 0. The van der Waals surface area contributed by atoms with Crippen molar-refractivity contribution in [3.05, 3.63) is 11.6 Å². The first kappa shape index (κ1) is 14.0. The second kappa shape index (κ2) is 5.72. The lowest BCUT2D eigenvalue weighted by molar-refractivity contribution is -0.0646. The molecule has 0 amide bonds. The lowest BCUT2D eigenvalue weighted by atomic mass is 9.73. The number of aliphatic hydroxyl groups is 1. The summed E-state index contributed by atoms with van der Waals surface area (Å²) in [5.41, 5.74) is 0.655. The minimum atomic E-state index is -0.660. The van der Waals surface area contributed by atoms with Crippen LogP contribution in [0, 0.1) is 11.8 Å². The molecule has 3 nitrogen and oxygen atoms in total. The van der Waals surface area contributed by atoms with E-state index in [-0.39, 0.29) is 6.29 Å². The third-order valence-electron chi connectivity index (χ3n) is 4.16. The zero-order chi connectivity index (χ0) is 13.2. The number of hydrogen-bond donors (Lipinski definition) is 1. The van der Waals surface area contributed by atoms with Gasteiger partial charge in [0.2, 0.25) is 0 Å². The Morgan fingerprint density at radius 1 is 1.39 bits per heavy atom. The summed E-state index contributed by atoms with van der Waals surface area (Å²) >= 11 is 0. The lowest BCUT2D eigenvalue weighted by Crippen LogP contribution is -2.35. The summed E-state index contributed by atoms with van der Waals surface area (Å²) in [5.74, 6) is 1.21. The van der Waals surface area contributed by atoms with E-state index in [1.54, 1.807) is 0 Å². The van der Waals surface area contributed by atoms with Crippen LogP contribution in [0.4, 0.5) is 0 Å². The van der Waals surface area contributed by atoms with Gasteiger partial charge in [-0.25, -0.2) is 0 Å². The zero-order valence-corrected chi connectivity index (χ0v) is 11.8. The van der Waals surface area contributed by atoms with Crippen LogP contribution in [-0.4, -0.2) is 30.2 Å². The maximum atomic E-state index is 10.7. The monoisotopic (exact) mass is 254 g/mol. The number of allylic oxidation sites excluding steroid dienone is 1. The minimum absolute atomic E-state index is 0.109. The molecule has 0 spiro atoms. The molecule has 0 aromatic heterocycles. The third kappa shape index (κ3) is 3.56. The Bertz CT molecular complexity index is 305. The summed E-state index contributed by atoms with van der Waals surface area (Å²) < 4.78 is 10.9. The van der Waals surface area contributed by atoms with Crippen molar-refractivity contribution in [3.63, 3.8) is 0 Å². The van der Waals surface area contributed by atoms with E-state index in [0.29, 0.717) is 25.0 Å². The van der Waals surface area contributed by atoms with Gasteiger partial charge >= 0.3 is 0 Å². The van der Waals surface area contributed by atoms with Gasteiger partial charge in [0.05, 0.1) is 18.8 Å². The van der Waals surface area contributed by atoms with Gasteiger partial charge in [0.15, 0.2) is 6.29 Å². The van der Waals surface area contributed by atoms with Crippen LogP contribution in [0.3, 0.4) is 0 Å². The summed E-state index contributed by atoms with van der Waals surface area (Å²) in [6.07, 6.45) is 5.46. The molecular weight excluding hydrogens is 228 g/mol. The highest BCUT2D eigenvalue weighted by atomic mass is 16.7. The van der Waals surface area contributed by atoms with Crippen molar-refractivity contribution < 1.29 is 14.6 Å². The first-order valence-corrected chi connectivity index (χ1v) is 7.12. The standard InChI is InChI=1S/C15H26O3/c1-11(2)13-8-12(3)9-15(16,10-13)5-4-14-17-6-7-18-14/h9,11,13-14,16H,4-8,10H2,1-3H3. The Morgan fingerprint density at radius 2 is 2.06 bits per heavy atom. The molecule has 0 bridgehead atoms. The smallest absolute Gasteiger partial charge is 0.157 e. The van der Waals surface area contributed by atoms with Crippen molar-refractivity contribution in [3.8, 4) is 0 Å². The van der Waals surface area contributed by atoms with Crippen molar-refractivity contribution in [1.29, 1.82) is 0 Å². The normalized spacial score (nSPS) is 34.1. The topological polar surface area (TPSA) is 38.7 Å². The van der Waals surface area contributed by atoms with Gasteiger partial charge in [0.25, 0.3) is 0 Å². The molecule has 1 aliphatic carbocycles. The predicted molar refractivity (Wildman–Crippen MR) is 71.2 cm³/mol. The average Bonchev–Trinajstić information content (AvgIpc) is 2.78. The van der Waals surface area contributed by atoms with Gasteiger partial charge in [0, 0.05) is 6.42 Å². The van der Waals surface area contributed by atoms with Crippen molar-refractivity contribution >= 4 is 0 Å². The molecule has 1 fully saturated rings. The number of rotatable bonds is 4. The summed E-state index contributed by atoms with van der Waals surface area (Å²) in [6, 6.07) is 0. The van der Waals surface area contributed by atoms with Gasteiger partial charge < -0.3 is 14.6 Å². The zero-order valence-electron chi connectivity index (χ0n) is 11.8. The van der Waals surface area contributed by atoms with Crippen molar-refractivity contribution in [1.82, 2.24) is 0 Å². The Hall–Kier alpha value is -0.380. The molecule has 1 aliphatic heterocycles. The van der Waals surface area contributed by atoms with Gasteiger partial charge in [-0.3, -0.25) is 0 Å². The van der Waals surface area contributed by atoms with Gasteiger partial charge in [-0.2, -0.15) is 0 Å². The van der Waals surface area contributed by atoms with Crippen LogP contribution >= 0.6 is 0 Å². The Balaban J connectivity index is 1.93. The van der Waals surface area contributed by atoms with Gasteiger partial charge in [-0.15, -0.1) is 0 Å². The Kier molecular flexibility index (Phi) is 4.46. The van der Waals surface area contributed by atoms with E-state index in [0.717, 1.165) is 25.7 Å². The molecule has 2 aliphatic rings. The van der Waals surface area contributed by atoms with E-state index in [4.69, 9.17) is 9.47 Å². The second-order valence-corrected chi connectivity index (χ2v) is 6.22. The van der Waals surface area contributed by atoms with Crippen LogP contribution < -0.4 is 0 Å². The lowest BCUT2D eigenvalue weighted by Gasteiger charge is -2.37. The maximum Gasteiger partial charge on any atom is 0.157 e. The van der Waals surface area contributed by atoms with E-state index < -0.39 is 5.60 Å². The van der Waals surface area contributed by atoms with Crippen molar-refractivity contribution in [2.24, 2.45) is 11.8 Å². The van der Waals surface area contributed by atoms with Gasteiger partial charge in [-0.1, -0.05) is 25.5 Å². The molecule has 1 N–H and O–H groups in total. The molecule has 2 unspecified atom stereocenters. The van der Waals surface area contributed by atoms with Crippen molar-refractivity contribution in [2.75, 3.05) is 13.2 Å².